The third-order valence-corrected chi connectivity index (χ3v) is 12.7. The molecule has 0 saturated heterocycles. The van der Waals surface area contributed by atoms with Crippen molar-refractivity contribution in [3.8, 4) is 11.1 Å². The summed E-state index contributed by atoms with van der Waals surface area (Å²) in [6, 6.07) is 12.3. The van der Waals surface area contributed by atoms with Crippen LogP contribution in [0.2, 0.25) is 0 Å². The summed E-state index contributed by atoms with van der Waals surface area (Å²) in [6.45, 7) is 4.62. The predicted octanol–water partition coefficient (Wildman–Crippen LogP) is 3.57. The number of hydrogen-bond donors (Lipinski definition) is 0. The summed E-state index contributed by atoms with van der Waals surface area (Å²) in [7, 11) is 7.07. The van der Waals surface area contributed by atoms with Crippen LogP contribution in [0.1, 0.15) is 51.9 Å². The summed E-state index contributed by atoms with van der Waals surface area (Å²) < 4.78 is 0. The monoisotopic (exact) mass is 738 g/mol. The summed E-state index contributed by atoms with van der Waals surface area (Å²) >= 11 is 2.89. The minimum absolute atomic E-state index is 0.0679. The average Bonchev–Trinajstić information content (AvgIpc) is 3.94. The number of rotatable bonds is 7. The molecule has 4 aromatic rings. The molecule has 4 amide bonds. The Morgan fingerprint density at radius 3 is 1.44 bits per heavy atom. The number of fused-ring (bicyclic) bond motifs is 4. The molecule has 0 bridgehead atoms. The standard InChI is InChI=1S/C38H42N8O4S2/c1-41(2)33(47)21-43-15-13-27-31(19-43)51-35(39-27)37(49)45-17-11-25-23(7-5-9-29(25)45)24-8-6-10-30-26(24)12-18-46(30)38(50)36-40-28-14-16-44(20-32(28)52-36)22-34(48)42(3)4/h5-10H,11-22H2,1-4H3. The topological polar surface area (TPSA) is 113 Å². The molecule has 0 fully saturated rings. The molecule has 0 saturated carbocycles. The van der Waals surface area contributed by atoms with Gasteiger partial charge in [0.05, 0.1) is 24.5 Å². The first kappa shape index (κ1) is 34.6. The van der Waals surface area contributed by atoms with E-state index < -0.39 is 0 Å². The van der Waals surface area contributed by atoms with Gasteiger partial charge in [0.25, 0.3) is 11.8 Å². The van der Waals surface area contributed by atoms with Crippen molar-refractivity contribution in [2.45, 2.75) is 38.8 Å². The highest BCUT2D eigenvalue weighted by Crippen LogP contribution is 2.43. The number of amides is 4. The number of nitrogens with zero attached hydrogens (tertiary/aromatic N) is 8. The molecule has 6 heterocycles. The molecule has 4 aliphatic heterocycles. The van der Waals surface area contributed by atoms with E-state index in [-0.39, 0.29) is 23.6 Å². The van der Waals surface area contributed by atoms with E-state index in [9.17, 15) is 19.2 Å². The molecule has 0 spiro atoms. The van der Waals surface area contributed by atoms with Crippen LogP contribution >= 0.6 is 22.7 Å². The number of thiazole rings is 2. The van der Waals surface area contributed by atoms with Gasteiger partial charge in [0.1, 0.15) is 0 Å². The third kappa shape index (κ3) is 6.31. The fraction of sp³-hybridized carbons (Fsp3) is 0.421. The maximum Gasteiger partial charge on any atom is 0.287 e. The van der Waals surface area contributed by atoms with Gasteiger partial charge in [-0.3, -0.25) is 29.0 Å². The van der Waals surface area contributed by atoms with Gasteiger partial charge in [0.2, 0.25) is 11.8 Å². The molecule has 0 atom stereocenters. The van der Waals surface area contributed by atoms with E-state index in [0.29, 0.717) is 49.3 Å². The SMILES string of the molecule is CN(C)C(=O)CN1CCc2nc(C(=O)N3CCc4c(-c5cccc6c5CCN6C(=O)c5nc6c(s5)CN(CC(=O)N(C)C)CC6)cccc43)sc2C1. The van der Waals surface area contributed by atoms with Crippen LogP contribution in [-0.2, 0) is 48.4 Å². The van der Waals surface area contributed by atoms with Gasteiger partial charge in [-0.2, -0.15) is 0 Å². The summed E-state index contributed by atoms with van der Waals surface area (Å²) in [6.07, 6.45) is 2.91. The molecule has 0 N–H and O–H groups in total. The van der Waals surface area contributed by atoms with Crippen LogP contribution in [0.4, 0.5) is 11.4 Å². The van der Waals surface area contributed by atoms with Gasteiger partial charge < -0.3 is 19.6 Å². The minimum atomic E-state index is -0.0835. The van der Waals surface area contributed by atoms with Gasteiger partial charge in [0.15, 0.2) is 10.0 Å². The highest BCUT2D eigenvalue weighted by atomic mass is 32.1. The van der Waals surface area contributed by atoms with E-state index in [0.717, 1.165) is 93.5 Å². The zero-order valence-corrected chi connectivity index (χ0v) is 31.6. The smallest absolute Gasteiger partial charge is 0.287 e. The summed E-state index contributed by atoms with van der Waals surface area (Å²) in [4.78, 5) is 75.4. The van der Waals surface area contributed by atoms with Crippen LogP contribution in [0.25, 0.3) is 11.1 Å². The van der Waals surface area contributed by atoms with Crippen LogP contribution < -0.4 is 9.80 Å². The summed E-state index contributed by atoms with van der Waals surface area (Å²) in [5.74, 6) is -0.0311. The Morgan fingerprint density at radius 1 is 0.615 bits per heavy atom. The first-order valence-corrected chi connectivity index (χ1v) is 19.4. The summed E-state index contributed by atoms with van der Waals surface area (Å²) in [5, 5.41) is 0.995. The van der Waals surface area contributed by atoms with Crippen molar-refractivity contribution >= 4 is 57.7 Å². The summed E-state index contributed by atoms with van der Waals surface area (Å²) in [5.41, 5.74) is 8.20. The van der Waals surface area contributed by atoms with Crippen molar-refractivity contribution in [2.75, 3.05) is 77.3 Å². The lowest BCUT2D eigenvalue weighted by atomic mass is 9.93. The Labute approximate surface area is 311 Å². The van der Waals surface area contributed by atoms with Gasteiger partial charge >= 0.3 is 0 Å². The number of carbonyl (C=O) groups excluding carboxylic acids is 4. The van der Waals surface area contributed by atoms with Crippen LogP contribution in [0, 0.1) is 0 Å². The lowest BCUT2D eigenvalue weighted by molar-refractivity contribution is -0.130. The number of carbonyl (C=O) groups is 4. The lowest BCUT2D eigenvalue weighted by Crippen LogP contribution is -2.39. The van der Waals surface area contributed by atoms with Gasteiger partial charge in [-0.15, -0.1) is 22.7 Å². The number of anilines is 2. The molecule has 2 aromatic heterocycles. The second kappa shape index (κ2) is 13.8. The minimum Gasteiger partial charge on any atom is -0.348 e. The molecule has 0 unspecified atom stereocenters. The molecular weight excluding hydrogens is 697 g/mol. The molecule has 52 heavy (non-hydrogen) atoms. The third-order valence-electron chi connectivity index (χ3n) is 10.5. The van der Waals surface area contributed by atoms with Gasteiger partial charge in [-0.25, -0.2) is 9.97 Å². The maximum absolute atomic E-state index is 14.0. The Kier molecular flexibility index (Phi) is 9.18. The molecule has 270 valence electrons. The molecular formula is C38H42N8O4S2. The quantitative estimate of drug-likeness (QED) is 0.283. The maximum atomic E-state index is 14.0. The molecule has 2 aromatic carbocycles. The number of aromatic nitrogens is 2. The van der Waals surface area contributed by atoms with E-state index in [1.165, 1.54) is 22.7 Å². The molecule has 8 rings (SSSR count). The second-order valence-corrected chi connectivity index (χ2v) is 16.5. The first-order valence-electron chi connectivity index (χ1n) is 17.8. The predicted molar refractivity (Wildman–Crippen MR) is 202 cm³/mol. The van der Waals surface area contributed by atoms with Crippen molar-refractivity contribution in [1.82, 2.24) is 29.6 Å². The highest BCUT2D eigenvalue weighted by molar-refractivity contribution is 7.14. The van der Waals surface area contributed by atoms with Crippen LogP contribution in [-0.4, -0.2) is 121 Å². The largest absolute Gasteiger partial charge is 0.348 e. The second-order valence-electron chi connectivity index (χ2n) is 14.3. The molecule has 4 aliphatic rings. The van der Waals surface area contributed by atoms with E-state index >= 15 is 0 Å². The average molecular weight is 739 g/mol. The van der Waals surface area contributed by atoms with Crippen molar-refractivity contribution in [3.05, 3.63) is 78.7 Å². The zero-order chi connectivity index (χ0) is 36.3. The van der Waals surface area contributed by atoms with Crippen molar-refractivity contribution in [3.63, 3.8) is 0 Å². The van der Waals surface area contributed by atoms with Crippen molar-refractivity contribution in [2.24, 2.45) is 0 Å². The fourth-order valence-corrected chi connectivity index (χ4v) is 9.84. The fourth-order valence-electron chi connectivity index (χ4n) is 7.64. The van der Waals surface area contributed by atoms with Gasteiger partial charge in [0, 0.05) is 101 Å². The van der Waals surface area contributed by atoms with E-state index in [4.69, 9.17) is 9.97 Å². The van der Waals surface area contributed by atoms with Crippen LogP contribution in [0.15, 0.2) is 36.4 Å². The Hall–Kier alpha value is -4.50. The van der Waals surface area contributed by atoms with Crippen molar-refractivity contribution < 1.29 is 19.2 Å². The Morgan fingerprint density at radius 2 is 1.04 bits per heavy atom. The molecule has 0 aliphatic carbocycles. The first-order chi connectivity index (χ1) is 25.0. The molecule has 12 nitrogen and oxygen atoms in total. The van der Waals surface area contributed by atoms with E-state index in [1.807, 2.05) is 34.1 Å². The van der Waals surface area contributed by atoms with Crippen LogP contribution in [0.5, 0.6) is 0 Å². The van der Waals surface area contributed by atoms with Crippen molar-refractivity contribution in [1.29, 1.82) is 0 Å². The molecule has 14 heteroatoms. The molecule has 0 radical (unpaired) electrons. The zero-order valence-electron chi connectivity index (χ0n) is 30.0. The lowest BCUT2D eigenvalue weighted by Gasteiger charge is -2.26. The number of likely N-dealkylation sites (N-methyl/N-ethyl adjacent to an activating group) is 2. The normalized spacial score (nSPS) is 16.7. The Bertz CT molecular complexity index is 1960. The number of benzene rings is 2. The number of hydrogen-bond acceptors (Lipinski definition) is 10. The van der Waals surface area contributed by atoms with E-state index in [1.54, 1.807) is 38.0 Å². The van der Waals surface area contributed by atoms with Gasteiger partial charge in [-0.1, -0.05) is 24.3 Å². The van der Waals surface area contributed by atoms with E-state index in [2.05, 4.69) is 21.9 Å². The van der Waals surface area contributed by atoms with Crippen LogP contribution in [0.3, 0.4) is 0 Å². The highest BCUT2D eigenvalue weighted by Gasteiger charge is 2.35. The Balaban J connectivity index is 1.000. The van der Waals surface area contributed by atoms with Gasteiger partial charge in [-0.05, 0) is 47.2 Å².